The van der Waals surface area contributed by atoms with Crippen molar-refractivity contribution in [2.24, 2.45) is 5.92 Å². The molecule has 1 aliphatic heterocycles. The fourth-order valence-electron chi connectivity index (χ4n) is 3.48. The molecular formula is C24H27NO7S. The Morgan fingerprint density at radius 1 is 1.09 bits per heavy atom. The summed E-state index contributed by atoms with van der Waals surface area (Å²) in [6.07, 6.45) is 4.66. The van der Waals surface area contributed by atoms with Crippen LogP contribution < -0.4 is 9.47 Å². The Hall–Kier alpha value is -3.17. The number of allylic oxidation sites excluding steroid dienone is 1. The molecule has 1 fully saturated rings. The van der Waals surface area contributed by atoms with Gasteiger partial charge in [-0.15, -0.1) is 0 Å². The highest BCUT2D eigenvalue weighted by Crippen LogP contribution is 2.29. The second-order valence-corrected chi connectivity index (χ2v) is 9.84. The largest absolute Gasteiger partial charge is 0.493 e. The zero-order valence-corrected chi connectivity index (χ0v) is 19.4. The van der Waals surface area contributed by atoms with Gasteiger partial charge in [0.1, 0.15) is 0 Å². The van der Waals surface area contributed by atoms with E-state index in [-0.39, 0.29) is 16.4 Å². The molecule has 2 aromatic rings. The highest BCUT2D eigenvalue weighted by molar-refractivity contribution is 7.89. The molecule has 8 nitrogen and oxygen atoms in total. The Kier molecular flexibility index (Phi) is 7.88. The first kappa shape index (κ1) is 24.5. The topological polar surface area (TPSA) is 110 Å². The summed E-state index contributed by atoms with van der Waals surface area (Å²) in [5.74, 6) is -0.237. The van der Waals surface area contributed by atoms with Crippen molar-refractivity contribution >= 4 is 27.9 Å². The fraction of sp³-hybridized carbons (Fsp3) is 0.333. The van der Waals surface area contributed by atoms with Crippen molar-refractivity contribution in [1.29, 1.82) is 0 Å². The van der Waals surface area contributed by atoms with Gasteiger partial charge in [0.25, 0.3) is 0 Å². The molecule has 2 aromatic carbocycles. The number of hydrogen-bond acceptors (Lipinski definition) is 6. The Balaban J connectivity index is 1.68. The molecule has 0 atom stereocenters. The summed E-state index contributed by atoms with van der Waals surface area (Å²) in [7, 11) is -2.13. The van der Waals surface area contributed by atoms with Gasteiger partial charge in [0.2, 0.25) is 10.0 Å². The van der Waals surface area contributed by atoms with Crippen LogP contribution in [0.1, 0.15) is 35.7 Å². The third-order valence-corrected chi connectivity index (χ3v) is 7.40. The van der Waals surface area contributed by atoms with Gasteiger partial charge in [0.15, 0.2) is 23.9 Å². The van der Waals surface area contributed by atoms with Crippen molar-refractivity contribution in [3.63, 3.8) is 0 Å². The van der Waals surface area contributed by atoms with Crippen LogP contribution in [0.15, 0.2) is 53.4 Å². The SMILES string of the molecule is COc1cc(C=CC(=O)c2ccc(S(=O)(=O)N3CCC(C)CC3)cc2)ccc1OCC(=O)O. The second kappa shape index (κ2) is 10.6. The summed E-state index contributed by atoms with van der Waals surface area (Å²) in [6.45, 7) is 2.65. The van der Waals surface area contributed by atoms with Gasteiger partial charge in [-0.1, -0.05) is 19.1 Å². The van der Waals surface area contributed by atoms with Crippen molar-refractivity contribution < 1.29 is 32.6 Å². The number of carbonyl (C=O) groups is 2. The average Bonchev–Trinajstić information content (AvgIpc) is 2.81. The first-order valence-electron chi connectivity index (χ1n) is 10.6. The van der Waals surface area contributed by atoms with Gasteiger partial charge >= 0.3 is 5.97 Å². The normalized spacial score (nSPS) is 15.5. The molecule has 0 amide bonds. The van der Waals surface area contributed by atoms with E-state index >= 15 is 0 Å². The van der Waals surface area contributed by atoms with Gasteiger partial charge in [-0.3, -0.25) is 4.79 Å². The van der Waals surface area contributed by atoms with Gasteiger partial charge in [-0.25, -0.2) is 13.2 Å². The van der Waals surface area contributed by atoms with Crippen molar-refractivity contribution in [2.45, 2.75) is 24.7 Å². The maximum absolute atomic E-state index is 12.8. The van der Waals surface area contributed by atoms with Crippen LogP contribution in [-0.2, 0) is 14.8 Å². The molecule has 9 heteroatoms. The molecule has 0 saturated carbocycles. The summed E-state index contributed by atoms with van der Waals surface area (Å²) in [4.78, 5) is 23.4. The molecule has 33 heavy (non-hydrogen) atoms. The van der Waals surface area contributed by atoms with Crippen LogP contribution >= 0.6 is 0 Å². The molecule has 176 valence electrons. The van der Waals surface area contributed by atoms with Crippen LogP contribution in [0.5, 0.6) is 11.5 Å². The molecule has 3 rings (SSSR count). The number of aliphatic carboxylic acids is 1. The number of nitrogens with zero attached hydrogens (tertiary/aromatic N) is 1. The van der Waals surface area contributed by atoms with Crippen LogP contribution in [0, 0.1) is 5.92 Å². The van der Waals surface area contributed by atoms with E-state index in [1.54, 1.807) is 24.3 Å². The van der Waals surface area contributed by atoms with E-state index in [1.165, 1.54) is 41.8 Å². The third kappa shape index (κ3) is 6.21. The zero-order valence-electron chi connectivity index (χ0n) is 18.6. The minimum atomic E-state index is -3.56. The van der Waals surface area contributed by atoms with Crippen LogP contribution in [0.2, 0.25) is 0 Å². The maximum atomic E-state index is 12.8. The zero-order chi connectivity index (χ0) is 24.0. The molecule has 0 aliphatic carbocycles. The highest BCUT2D eigenvalue weighted by atomic mass is 32.2. The number of methoxy groups -OCH3 is 1. The van der Waals surface area contributed by atoms with Crippen molar-refractivity contribution in [3.8, 4) is 11.5 Å². The van der Waals surface area contributed by atoms with Crippen LogP contribution in [0.3, 0.4) is 0 Å². The monoisotopic (exact) mass is 473 g/mol. The number of carboxylic acid groups (broad SMARTS) is 1. The van der Waals surface area contributed by atoms with E-state index in [0.717, 1.165) is 12.8 Å². The van der Waals surface area contributed by atoms with Crippen molar-refractivity contribution in [2.75, 3.05) is 26.8 Å². The number of piperidine rings is 1. The number of carboxylic acids is 1. The molecule has 0 bridgehead atoms. The van der Waals surface area contributed by atoms with Crippen LogP contribution in [-0.4, -0.2) is 56.4 Å². The predicted molar refractivity (Wildman–Crippen MR) is 123 cm³/mol. The second-order valence-electron chi connectivity index (χ2n) is 7.90. The molecule has 1 aliphatic rings. The Morgan fingerprint density at radius 3 is 2.36 bits per heavy atom. The van der Waals surface area contributed by atoms with E-state index in [2.05, 4.69) is 6.92 Å². The van der Waals surface area contributed by atoms with Crippen LogP contribution in [0.4, 0.5) is 0 Å². The standard InChI is InChI=1S/C24H27NO7S/c1-17-11-13-25(14-12-17)33(29,30)20-7-5-19(6-8-20)21(26)9-3-18-4-10-22(23(15-18)31-2)32-16-24(27)28/h3-10,15,17H,11-14,16H2,1-2H3,(H,27,28). The van der Waals surface area contributed by atoms with E-state index < -0.39 is 22.6 Å². The predicted octanol–water partition coefficient (Wildman–Crippen LogP) is 3.48. The molecule has 1 N–H and O–H groups in total. The summed E-state index contributed by atoms with van der Waals surface area (Å²) in [5.41, 5.74) is 1.02. The highest BCUT2D eigenvalue weighted by Gasteiger charge is 2.28. The molecule has 0 radical (unpaired) electrons. The quantitative estimate of drug-likeness (QED) is 0.439. The third-order valence-electron chi connectivity index (χ3n) is 5.49. The number of rotatable bonds is 9. The molecule has 0 unspecified atom stereocenters. The Labute approximate surface area is 193 Å². The Bertz CT molecular complexity index is 1130. The molecule has 0 spiro atoms. The van der Waals surface area contributed by atoms with Gasteiger partial charge in [0, 0.05) is 18.7 Å². The van der Waals surface area contributed by atoms with Gasteiger partial charge in [-0.2, -0.15) is 4.31 Å². The van der Waals surface area contributed by atoms with Crippen LogP contribution in [0.25, 0.3) is 6.08 Å². The number of carbonyl (C=O) groups excluding carboxylic acids is 1. The van der Waals surface area contributed by atoms with E-state index in [0.29, 0.717) is 35.9 Å². The first-order valence-corrected chi connectivity index (χ1v) is 12.0. The maximum Gasteiger partial charge on any atom is 0.341 e. The van der Waals surface area contributed by atoms with Gasteiger partial charge < -0.3 is 14.6 Å². The lowest BCUT2D eigenvalue weighted by Crippen LogP contribution is -2.37. The summed E-state index contributed by atoms with van der Waals surface area (Å²) < 4.78 is 37.5. The van der Waals surface area contributed by atoms with E-state index in [1.807, 2.05) is 0 Å². The minimum absolute atomic E-state index is 0.180. The van der Waals surface area contributed by atoms with Crippen molar-refractivity contribution in [1.82, 2.24) is 4.31 Å². The number of ether oxygens (including phenoxy) is 2. The molecule has 0 aromatic heterocycles. The average molecular weight is 474 g/mol. The number of ketones is 1. The molecule has 1 heterocycles. The van der Waals surface area contributed by atoms with Crippen molar-refractivity contribution in [3.05, 3.63) is 59.7 Å². The molecular weight excluding hydrogens is 446 g/mol. The lowest BCUT2D eigenvalue weighted by atomic mass is 10.0. The number of hydrogen-bond donors (Lipinski definition) is 1. The number of benzene rings is 2. The first-order chi connectivity index (χ1) is 15.7. The lowest BCUT2D eigenvalue weighted by molar-refractivity contribution is -0.139. The van der Waals surface area contributed by atoms with Gasteiger partial charge in [0.05, 0.1) is 12.0 Å². The molecule has 1 saturated heterocycles. The van der Waals surface area contributed by atoms with E-state index in [9.17, 15) is 18.0 Å². The number of sulfonamides is 1. The van der Waals surface area contributed by atoms with Gasteiger partial charge in [-0.05, 0) is 66.8 Å². The smallest absolute Gasteiger partial charge is 0.341 e. The summed E-state index contributed by atoms with van der Waals surface area (Å²) >= 11 is 0. The summed E-state index contributed by atoms with van der Waals surface area (Å²) in [6, 6.07) is 10.8. The lowest BCUT2D eigenvalue weighted by Gasteiger charge is -2.29. The fourth-order valence-corrected chi connectivity index (χ4v) is 4.95. The Morgan fingerprint density at radius 2 is 1.76 bits per heavy atom. The summed E-state index contributed by atoms with van der Waals surface area (Å²) in [5, 5.41) is 8.73. The minimum Gasteiger partial charge on any atom is -0.493 e. The van der Waals surface area contributed by atoms with E-state index in [4.69, 9.17) is 14.6 Å².